The van der Waals surface area contributed by atoms with Crippen LogP contribution in [0.15, 0.2) is 0 Å². The summed E-state index contributed by atoms with van der Waals surface area (Å²) in [5, 5.41) is 7.25. The lowest BCUT2D eigenvalue weighted by molar-refractivity contribution is -0.122. The number of ether oxygens (including phenoxy) is 1. The molecule has 1 saturated heterocycles. The van der Waals surface area contributed by atoms with Gasteiger partial charge in [-0.25, -0.2) is 0 Å². The van der Waals surface area contributed by atoms with Gasteiger partial charge in [-0.1, -0.05) is 0 Å². The molecule has 1 aromatic rings. The van der Waals surface area contributed by atoms with Crippen molar-refractivity contribution in [1.29, 1.82) is 0 Å². The topological polar surface area (TPSA) is 56.2 Å². The van der Waals surface area contributed by atoms with Crippen LogP contribution in [0.3, 0.4) is 0 Å². The van der Waals surface area contributed by atoms with Crippen LogP contribution in [0.1, 0.15) is 24.2 Å². The first-order valence-electron chi connectivity index (χ1n) is 6.15. The van der Waals surface area contributed by atoms with E-state index in [0.29, 0.717) is 6.54 Å². The standard InChI is InChI=1S/C12H18IN3O2/c1-8-12(13)9(2)16(15-8)7-11(17)14-6-10-4-3-5-18-10/h10H,3-7H2,1-2H3,(H,14,17)/t10-/m0/s1. The van der Waals surface area contributed by atoms with Crippen molar-refractivity contribution in [3.05, 3.63) is 15.0 Å². The fourth-order valence-electron chi connectivity index (χ4n) is 2.05. The van der Waals surface area contributed by atoms with Gasteiger partial charge >= 0.3 is 0 Å². The van der Waals surface area contributed by atoms with Crippen molar-refractivity contribution in [3.8, 4) is 0 Å². The first kappa shape index (κ1) is 13.8. The minimum absolute atomic E-state index is 0.00694. The number of hydrogen-bond acceptors (Lipinski definition) is 3. The molecule has 6 heteroatoms. The number of carbonyl (C=O) groups is 1. The third-order valence-electron chi connectivity index (χ3n) is 3.14. The van der Waals surface area contributed by atoms with E-state index >= 15 is 0 Å². The van der Waals surface area contributed by atoms with Gasteiger partial charge in [0.2, 0.25) is 5.91 Å². The van der Waals surface area contributed by atoms with Crippen LogP contribution in [0.5, 0.6) is 0 Å². The summed E-state index contributed by atoms with van der Waals surface area (Å²) in [6.07, 6.45) is 2.32. The summed E-state index contributed by atoms with van der Waals surface area (Å²) in [7, 11) is 0. The molecule has 1 fully saturated rings. The van der Waals surface area contributed by atoms with E-state index in [-0.39, 0.29) is 18.6 Å². The second-order valence-electron chi connectivity index (χ2n) is 4.58. The van der Waals surface area contributed by atoms with Crippen LogP contribution in [-0.2, 0) is 16.1 Å². The van der Waals surface area contributed by atoms with Gasteiger partial charge in [-0.05, 0) is 49.3 Å². The maximum atomic E-state index is 11.8. The maximum absolute atomic E-state index is 11.8. The van der Waals surface area contributed by atoms with Gasteiger partial charge in [0.25, 0.3) is 0 Å². The van der Waals surface area contributed by atoms with Crippen molar-refractivity contribution in [2.45, 2.75) is 39.3 Å². The molecule has 5 nitrogen and oxygen atoms in total. The Morgan fingerprint density at radius 2 is 2.39 bits per heavy atom. The molecule has 1 aliphatic rings. The molecule has 0 spiro atoms. The van der Waals surface area contributed by atoms with E-state index in [4.69, 9.17) is 4.74 Å². The van der Waals surface area contributed by atoms with E-state index in [9.17, 15) is 4.79 Å². The molecule has 1 atom stereocenters. The minimum Gasteiger partial charge on any atom is -0.376 e. The van der Waals surface area contributed by atoms with E-state index in [1.807, 2.05) is 13.8 Å². The number of carbonyl (C=O) groups excluding carboxylic acids is 1. The first-order chi connectivity index (χ1) is 8.58. The van der Waals surface area contributed by atoms with Crippen molar-refractivity contribution < 1.29 is 9.53 Å². The molecule has 100 valence electrons. The maximum Gasteiger partial charge on any atom is 0.241 e. The summed E-state index contributed by atoms with van der Waals surface area (Å²) in [6.45, 7) is 5.64. The molecule has 1 amide bonds. The Morgan fingerprint density at radius 1 is 1.61 bits per heavy atom. The zero-order chi connectivity index (χ0) is 13.1. The van der Waals surface area contributed by atoms with Gasteiger partial charge in [-0.2, -0.15) is 5.10 Å². The molecule has 0 saturated carbocycles. The van der Waals surface area contributed by atoms with Crippen LogP contribution in [0.4, 0.5) is 0 Å². The Balaban J connectivity index is 1.84. The van der Waals surface area contributed by atoms with E-state index in [1.54, 1.807) is 4.68 Å². The Bertz CT molecular complexity index is 439. The van der Waals surface area contributed by atoms with Crippen molar-refractivity contribution >= 4 is 28.5 Å². The normalized spacial score (nSPS) is 19.2. The highest BCUT2D eigenvalue weighted by atomic mass is 127. The monoisotopic (exact) mass is 363 g/mol. The summed E-state index contributed by atoms with van der Waals surface area (Å²) in [6, 6.07) is 0. The average Bonchev–Trinajstić information content (AvgIpc) is 2.93. The fourth-order valence-corrected chi connectivity index (χ4v) is 2.44. The Labute approximate surface area is 120 Å². The highest BCUT2D eigenvalue weighted by molar-refractivity contribution is 14.1. The largest absolute Gasteiger partial charge is 0.376 e. The molecule has 2 heterocycles. The Kier molecular flexibility index (Phi) is 4.60. The smallest absolute Gasteiger partial charge is 0.241 e. The van der Waals surface area contributed by atoms with Gasteiger partial charge in [-0.3, -0.25) is 9.48 Å². The second-order valence-corrected chi connectivity index (χ2v) is 5.66. The molecule has 0 aromatic carbocycles. The minimum atomic E-state index is -0.00694. The van der Waals surface area contributed by atoms with E-state index in [0.717, 1.165) is 34.4 Å². The quantitative estimate of drug-likeness (QED) is 0.823. The summed E-state index contributed by atoms with van der Waals surface area (Å²) >= 11 is 2.25. The predicted molar refractivity (Wildman–Crippen MR) is 76.4 cm³/mol. The van der Waals surface area contributed by atoms with Crippen LogP contribution >= 0.6 is 22.6 Å². The number of amides is 1. The number of rotatable bonds is 4. The highest BCUT2D eigenvalue weighted by Gasteiger charge is 2.17. The van der Waals surface area contributed by atoms with Crippen LogP contribution in [0.2, 0.25) is 0 Å². The lowest BCUT2D eigenvalue weighted by atomic mass is 10.2. The Morgan fingerprint density at radius 3 is 2.94 bits per heavy atom. The molecule has 18 heavy (non-hydrogen) atoms. The van der Waals surface area contributed by atoms with Gasteiger partial charge in [0.15, 0.2) is 0 Å². The number of aryl methyl sites for hydroxylation is 1. The van der Waals surface area contributed by atoms with Gasteiger partial charge in [-0.15, -0.1) is 0 Å². The molecule has 1 N–H and O–H groups in total. The number of halogens is 1. The fraction of sp³-hybridized carbons (Fsp3) is 0.667. The van der Waals surface area contributed by atoms with E-state index < -0.39 is 0 Å². The highest BCUT2D eigenvalue weighted by Crippen LogP contribution is 2.15. The van der Waals surface area contributed by atoms with Crippen molar-refractivity contribution in [2.24, 2.45) is 0 Å². The SMILES string of the molecule is Cc1nn(CC(=O)NC[C@@H]2CCCO2)c(C)c1I. The zero-order valence-electron chi connectivity index (χ0n) is 10.7. The molecule has 2 rings (SSSR count). The number of aromatic nitrogens is 2. The molecule has 0 bridgehead atoms. The van der Waals surface area contributed by atoms with E-state index in [1.165, 1.54) is 0 Å². The lowest BCUT2D eigenvalue weighted by Crippen LogP contribution is -2.34. The van der Waals surface area contributed by atoms with Gasteiger partial charge in [0, 0.05) is 18.8 Å². The summed E-state index contributed by atoms with van der Waals surface area (Å²) in [4.78, 5) is 11.8. The van der Waals surface area contributed by atoms with Gasteiger partial charge in [0.05, 0.1) is 15.4 Å². The van der Waals surface area contributed by atoms with Crippen molar-refractivity contribution in [2.75, 3.05) is 13.2 Å². The number of nitrogens with one attached hydrogen (secondary N) is 1. The van der Waals surface area contributed by atoms with Crippen molar-refractivity contribution in [1.82, 2.24) is 15.1 Å². The van der Waals surface area contributed by atoms with Crippen LogP contribution in [0.25, 0.3) is 0 Å². The molecular formula is C12H18IN3O2. The predicted octanol–water partition coefficient (Wildman–Crippen LogP) is 1.40. The third-order valence-corrected chi connectivity index (χ3v) is 4.70. The number of nitrogens with zero attached hydrogens (tertiary/aromatic N) is 2. The summed E-state index contributed by atoms with van der Waals surface area (Å²) < 4.78 is 8.34. The molecule has 0 radical (unpaired) electrons. The average molecular weight is 363 g/mol. The van der Waals surface area contributed by atoms with Crippen LogP contribution in [0, 0.1) is 17.4 Å². The molecule has 0 aliphatic carbocycles. The molecule has 1 aromatic heterocycles. The zero-order valence-corrected chi connectivity index (χ0v) is 12.9. The molecular weight excluding hydrogens is 345 g/mol. The summed E-state index contributed by atoms with van der Waals surface area (Å²) in [5.41, 5.74) is 2.01. The molecule has 1 aliphatic heterocycles. The van der Waals surface area contributed by atoms with Crippen molar-refractivity contribution in [3.63, 3.8) is 0 Å². The van der Waals surface area contributed by atoms with Crippen LogP contribution in [-0.4, -0.2) is 34.9 Å². The lowest BCUT2D eigenvalue weighted by Gasteiger charge is -2.11. The first-order valence-corrected chi connectivity index (χ1v) is 7.23. The van der Waals surface area contributed by atoms with Gasteiger partial charge < -0.3 is 10.1 Å². The number of hydrogen-bond donors (Lipinski definition) is 1. The van der Waals surface area contributed by atoms with Crippen LogP contribution < -0.4 is 5.32 Å². The summed E-state index contributed by atoms with van der Waals surface area (Å²) in [5.74, 6) is -0.00694. The Hall–Kier alpha value is -0.630. The molecule has 0 unspecified atom stereocenters. The second kappa shape index (κ2) is 6.01. The van der Waals surface area contributed by atoms with E-state index in [2.05, 4.69) is 33.0 Å². The van der Waals surface area contributed by atoms with Gasteiger partial charge in [0.1, 0.15) is 6.54 Å². The third kappa shape index (κ3) is 3.23.